The molecule has 4 unspecified atom stereocenters. The molecule has 0 radical (unpaired) electrons. The molecule has 0 spiro atoms. The minimum Gasteiger partial charge on any atom is -0.358 e. The van der Waals surface area contributed by atoms with Crippen LogP contribution in [-0.4, -0.2) is 54.6 Å². The van der Waals surface area contributed by atoms with Gasteiger partial charge in [-0.1, -0.05) is 6.92 Å². The second kappa shape index (κ2) is 3.06. The molecule has 3 fully saturated rings. The van der Waals surface area contributed by atoms with Crippen LogP contribution in [0, 0.1) is 5.41 Å². The summed E-state index contributed by atoms with van der Waals surface area (Å²) in [6.45, 7) is 3.43. The fraction of sp³-hybridized carbons (Fsp3) is 0.643. The normalized spacial score (nSPS) is 46.1. The highest BCUT2D eigenvalue weighted by Crippen LogP contribution is 2.54. The van der Waals surface area contributed by atoms with Crippen molar-refractivity contribution in [1.29, 1.82) is 0 Å². The zero-order valence-corrected chi connectivity index (χ0v) is 11.0. The van der Waals surface area contributed by atoms with Gasteiger partial charge in [-0.2, -0.15) is 0 Å². The average Bonchev–Trinajstić information content (AvgIpc) is 2.99. The molecule has 1 aliphatic carbocycles. The number of allylic oxidation sites excluding steroid dienone is 1. The fourth-order valence-electron chi connectivity index (χ4n) is 4.07. The Labute approximate surface area is 107 Å². The fourth-order valence-corrected chi connectivity index (χ4v) is 4.07. The second-order valence-corrected chi connectivity index (χ2v) is 6.17. The summed E-state index contributed by atoms with van der Waals surface area (Å²) in [5.41, 5.74) is 2.56. The summed E-state index contributed by atoms with van der Waals surface area (Å²) in [5.74, 6) is 0.124. The Bertz CT molecular complexity index is 510. The van der Waals surface area contributed by atoms with Crippen molar-refractivity contribution < 1.29 is 9.53 Å². The second-order valence-electron chi connectivity index (χ2n) is 6.17. The van der Waals surface area contributed by atoms with Gasteiger partial charge in [0.25, 0.3) is 0 Å². The Kier molecular flexibility index (Phi) is 1.83. The number of ketones is 1. The maximum absolute atomic E-state index is 12.0. The first-order valence-corrected chi connectivity index (χ1v) is 6.59. The van der Waals surface area contributed by atoms with Gasteiger partial charge in [0, 0.05) is 30.8 Å². The third-order valence-electron chi connectivity index (χ3n) is 5.03. The van der Waals surface area contributed by atoms with E-state index >= 15 is 0 Å². The highest BCUT2D eigenvalue weighted by atomic mass is 16.6. The third-order valence-corrected chi connectivity index (χ3v) is 5.03. The summed E-state index contributed by atoms with van der Waals surface area (Å²) in [4.78, 5) is 16.6. The summed E-state index contributed by atoms with van der Waals surface area (Å²) in [6, 6.07) is 0. The van der Waals surface area contributed by atoms with Gasteiger partial charge in [-0.3, -0.25) is 9.69 Å². The largest absolute Gasteiger partial charge is 0.358 e. The lowest BCUT2D eigenvalue weighted by molar-refractivity contribution is -0.115. The van der Waals surface area contributed by atoms with E-state index in [1.54, 1.807) is 6.08 Å². The number of likely N-dealkylation sites (N-methyl/N-ethyl adjacent to an activating group) is 1. The first-order chi connectivity index (χ1) is 8.52. The Balaban J connectivity index is 1.88. The molecule has 0 aromatic heterocycles. The molecule has 3 aliphatic heterocycles. The van der Waals surface area contributed by atoms with E-state index in [9.17, 15) is 4.79 Å². The molecular formula is C14H18N2O2. The van der Waals surface area contributed by atoms with Crippen LogP contribution < -0.4 is 0 Å². The quantitative estimate of drug-likeness (QED) is 0.591. The highest BCUT2D eigenvalue weighted by molar-refractivity contribution is 5.98. The molecule has 0 N–H and O–H groups in total. The van der Waals surface area contributed by atoms with Crippen LogP contribution in [-0.2, 0) is 9.53 Å². The summed E-state index contributed by atoms with van der Waals surface area (Å²) >= 11 is 0. The smallest absolute Gasteiger partial charge is 0.189 e. The molecule has 96 valence electrons. The lowest BCUT2D eigenvalue weighted by Gasteiger charge is -2.31. The van der Waals surface area contributed by atoms with Crippen molar-refractivity contribution in [3.8, 4) is 0 Å². The van der Waals surface area contributed by atoms with E-state index < -0.39 is 0 Å². The van der Waals surface area contributed by atoms with Crippen LogP contribution in [0.25, 0.3) is 0 Å². The van der Waals surface area contributed by atoms with Crippen molar-refractivity contribution in [3.05, 3.63) is 23.4 Å². The van der Waals surface area contributed by atoms with Gasteiger partial charge >= 0.3 is 0 Å². The molecule has 18 heavy (non-hydrogen) atoms. The first-order valence-electron chi connectivity index (χ1n) is 6.59. The van der Waals surface area contributed by atoms with Crippen LogP contribution >= 0.6 is 0 Å². The van der Waals surface area contributed by atoms with Crippen LogP contribution in [0.15, 0.2) is 23.4 Å². The SMILES string of the molecule is CN1CCC2(C)C3=CC4OC4C(=O)C=C3N(C)C12. The van der Waals surface area contributed by atoms with Crippen molar-refractivity contribution >= 4 is 5.78 Å². The van der Waals surface area contributed by atoms with Crippen molar-refractivity contribution in [2.75, 3.05) is 20.6 Å². The predicted molar refractivity (Wildman–Crippen MR) is 66.7 cm³/mol. The number of carbonyl (C=O) groups is 1. The predicted octanol–water partition coefficient (Wildman–Crippen LogP) is 0.760. The number of nitrogens with zero attached hydrogens (tertiary/aromatic N) is 2. The molecule has 4 nitrogen and oxygen atoms in total. The number of hydrogen-bond acceptors (Lipinski definition) is 4. The minimum atomic E-state index is -0.204. The van der Waals surface area contributed by atoms with E-state index in [0.29, 0.717) is 6.17 Å². The summed E-state index contributed by atoms with van der Waals surface area (Å²) in [5, 5.41) is 0. The maximum atomic E-state index is 12.0. The van der Waals surface area contributed by atoms with Crippen molar-refractivity contribution in [1.82, 2.24) is 9.80 Å². The first kappa shape index (κ1) is 10.8. The Morgan fingerprint density at radius 1 is 1.44 bits per heavy atom. The molecular weight excluding hydrogens is 228 g/mol. The molecule has 0 amide bonds. The monoisotopic (exact) mass is 246 g/mol. The van der Waals surface area contributed by atoms with Gasteiger partial charge in [-0.15, -0.1) is 0 Å². The number of likely N-dealkylation sites (tertiary alicyclic amines) is 2. The zero-order valence-electron chi connectivity index (χ0n) is 11.0. The molecule has 4 heteroatoms. The van der Waals surface area contributed by atoms with E-state index in [0.717, 1.165) is 18.7 Å². The molecule has 3 saturated heterocycles. The molecule has 0 aromatic rings. The van der Waals surface area contributed by atoms with Crippen LogP contribution in [0.1, 0.15) is 13.3 Å². The molecule has 4 aliphatic rings. The number of carbonyl (C=O) groups excluding carboxylic acids is 1. The molecule has 0 bridgehead atoms. The average molecular weight is 246 g/mol. The molecule has 0 aromatic carbocycles. The van der Waals surface area contributed by atoms with Gasteiger partial charge in [-0.05, 0) is 25.1 Å². The van der Waals surface area contributed by atoms with E-state index in [2.05, 4.69) is 36.9 Å². The van der Waals surface area contributed by atoms with E-state index in [1.165, 1.54) is 5.57 Å². The van der Waals surface area contributed by atoms with Crippen LogP contribution in [0.3, 0.4) is 0 Å². The molecule has 0 saturated carbocycles. The Morgan fingerprint density at radius 2 is 2.22 bits per heavy atom. The number of fused-ring (bicyclic) bond motifs is 4. The van der Waals surface area contributed by atoms with Crippen molar-refractivity contribution in [2.45, 2.75) is 31.7 Å². The molecule has 4 rings (SSSR count). The number of rotatable bonds is 0. The minimum absolute atomic E-state index is 0.0242. The summed E-state index contributed by atoms with van der Waals surface area (Å²) in [7, 11) is 4.26. The maximum Gasteiger partial charge on any atom is 0.189 e. The van der Waals surface area contributed by atoms with E-state index in [1.807, 2.05) is 0 Å². The number of ether oxygens (including phenoxy) is 1. The van der Waals surface area contributed by atoms with Gasteiger partial charge < -0.3 is 9.64 Å². The standard InChI is InChI=1S/C14H18N2O2/c1-14-4-5-15(2)13(14)16(3)9-7-10(17)12-11(18-12)6-8(9)14/h6-7,11-13H,4-5H2,1-3H3. The van der Waals surface area contributed by atoms with Gasteiger partial charge in [0.15, 0.2) is 11.9 Å². The topological polar surface area (TPSA) is 36.1 Å². The van der Waals surface area contributed by atoms with Crippen LogP contribution in [0.5, 0.6) is 0 Å². The zero-order chi connectivity index (χ0) is 12.7. The van der Waals surface area contributed by atoms with E-state index in [-0.39, 0.29) is 23.4 Å². The van der Waals surface area contributed by atoms with Crippen LogP contribution in [0.2, 0.25) is 0 Å². The van der Waals surface area contributed by atoms with Crippen LogP contribution in [0.4, 0.5) is 0 Å². The van der Waals surface area contributed by atoms with Gasteiger partial charge in [-0.25, -0.2) is 0 Å². The lowest BCUT2D eigenvalue weighted by atomic mass is 9.80. The van der Waals surface area contributed by atoms with Gasteiger partial charge in [0.05, 0.1) is 6.17 Å². The van der Waals surface area contributed by atoms with Crippen molar-refractivity contribution in [2.24, 2.45) is 5.41 Å². The number of epoxide rings is 1. The van der Waals surface area contributed by atoms with Gasteiger partial charge in [0.2, 0.25) is 0 Å². The highest BCUT2D eigenvalue weighted by Gasteiger charge is 2.57. The Morgan fingerprint density at radius 3 is 3.00 bits per heavy atom. The van der Waals surface area contributed by atoms with Gasteiger partial charge in [0.1, 0.15) is 6.10 Å². The Hall–Kier alpha value is -1.13. The van der Waals surface area contributed by atoms with Crippen molar-refractivity contribution in [3.63, 3.8) is 0 Å². The summed E-state index contributed by atoms with van der Waals surface area (Å²) in [6.07, 6.45) is 5.32. The molecule has 4 atom stereocenters. The third kappa shape index (κ3) is 1.11. The lowest BCUT2D eigenvalue weighted by Crippen LogP contribution is -2.41. The number of hydrogen-bond donors (Lipinski definition) is 0. The summed E-state index contributed by atoms with van der Waals surface area (Å²) < 4.78 is 5.43. The molecule has 3 heterocycles. The van der Waals surface area contributed by atoms with E-state index in [4.69, 9.17) is 4.74 Å².